The highest BCUT2D eigenvalue weighted by Gasteiger charge is 2.88. The molecule has 0 bridgehead atoms. The Balaban J connectivity index is 6.76. The van der Waals surface area contributed by atoms with E-state index in [4.69, 9.17) is 0 Å². The molecule has 36 heteroatoms. The van der Waals surface area contributed by atoms with E-state index in [1.165, 1.54) is 9.47 Å². The summed E-state index contributed by atoms with van der Waals surface area (Å²) in [6, 6.07) is 0. The van der Waals surface area contributed by atoms with Gasteiger partial charge in [0.05, 0.1) is 10.8 Å². The molecule has 0 amide bonds. The summed E-state index contributed by atoms with van der Waals surface area (Å²) in [4.78, 5) is 25.0. The molecule has 0 fully saturated rings. The molecule has 0 N–H and O–H groups in total. The van der Waals surface area contributed by atoms with Crippen LogP contribution in [0.3, 0.4) is 0 Å². The number of rotatable bonds is 35. The molecular formula is C38H34F28O8. The summed E-state index contributed by atoms with van der Waals surface area (Å²) >= 11 is 0. The summed E-state index contributed by atoms with van der Waals surface area (Å²) in [7, 11) is 0. The standard InChI is InChI=1S/C38H34F28O8/c1-7-13-23(14-8-2,15-9-3)21(67)69-19-25(39,40)27(43,44)31(51,52)71-35(59,60)37(63,64)73-33(55,56)29(47,48)30(49,50)34(57,58)74-38(65,66)36(61,62)72-32(53,54)28(45,46)26(41,42)20-70-22(68)24(16-10-4,17-11-5)18-12-6/h7-12H,1-6,13-20H2. The van der Waals surface area contributed by atoms with Crippen LogP contribution in [0, 0.1) is 10.8 Å². The third kappa shape index (κ3) is 13.4. The molecule has 0 unspecified atom stereocenters. The Labute approximate surface area is 396 Å². The first-order chi connectivity index (χ1) is 32.7. The van der Waals surface area contributed by atoms with Crippen LogP contribution in [0.25, 0.3) is 0 Å². The zero-order valence-corrected chi connectivity index (χ0v) is 36.2. The summed E-state index contributed by atoms with van der Waals surface area (Å²) in [5, 5.41) is 0. The number of ether oxygens (including phenoxy) is 6. The Hall–Kier alpha value is -4.74. The summed E-state index contributed by atoms with van der Waals surface area (Å²) in [6.45, 7) is 12.2. The van der Waals surface area contributed by atoms with Crippen molar-refractivity contribution in [2.45, 2.75) is 123 Å². The van der Waals surface area contributed by atoms with Gasteiger partial charge in [0.2, 0.25) is 0 Å². The lowest BCUT2D eigenvalue weighted by Crippen LogP contribution is -2.68. The molecule has 0 aliphatic rings. The Morgan fingerprint density at radius 1 is 0.284 bits per heavy atom. The average Bonchev–Trinajstić information content (AvgIpc) is 3.20. The van der Waals surface area contributed by atoms with Gasteiger partial charge in [-0.25, -0.2) is 18.9 Å². The first-order valence-electron chi connectivity index (χ1n) is 18.8. The summed E-state index contributed by atoms with van der Waals surface area (Å²) in [5.41, 5.74) is -4.30. The van der Waals surface area contributed by atoms with Gasteiger partial charge in [0.25, 0.3) is 0 Å². The van der Waals surface area contributed by atoms with Crippen molar-refractivity contribution in [3.05, 3.63) is 75.9 Å². The second kappa shape index (κ2) is 22.5. The predicted octanol–water partition coefficient (Wildman–Crippen LogP) is 14.1. The van der Waals surface area contributed by atoms with Crippen molar-refractivity contribution in [1.82, 2.24) is 0 Å². The molecule has 0 radical (unpaired) electrons. The second-order valence-corrected chi connectivity index (χ2v) is 14.9. The molecule has 0 rings (SSSR count). The normalized spacial score (nSPS) is 15.0. The molecular weight excluding hydrogens is 1120 g/mol. The van der Waals surface area contributed by atoms with E-state index in [-0.39, 0.29) is 0 Å². The molecule has 0 aromatic heterocycles. The maximum Gasteiger partial charge on any atom is 0.453 e. The number of hydrogen-bond donors (Lipinski definition) is 0. The first kappa shape index (κ1) is 69.3. The molecule has 0 atom stereocenters. The predicted molar refractivity (Wildman–Crippen MR) is 189 cm³/mol. The maximum atomic E-state index is 14.3. The van der Waals surface area contributed by atoms with Gasteiger partial charge in [-0.15, -0.1) is 39.5 Å². The summed E-state index contributed by atoms with van der Waals surface area (Å²) in [5.74, 6) is -51.6. The van der Waals surface area contributed by atoms with E-state index in [0.717, 1.165) is 45.9 Å². The van der Waals surface area contributed by atoms with Gasteiger partial charge in [0.1, 0.15) is 0 Å². The maximum absolute atomic E-state index is 14.3. The van der Waals surface area contributed by atoms with Crippen LogP contribution in [0.4, 0.5) is 123 Å². The number of halogens is 28. The molecule has 0 aliphatic carbocycles. The monoisotopic (exact) mass is 1150 g/mol. The number of esters is 2. The fourth-order valence-electron chi connectivity index (χ4n) is 5.39. The van der Waals surface area contributed by atoms with Crippen molar-refractivity contribution < 1.29 is 161 Å². The fourth-order valence-corrected chi connectivity index (χ4v) is 5.39. The van der Waals surface area contributed by atoms with Crippen LogP contribution < -0.4 is 0 Å². The summed E-state index contributed by atoms with van der Waals surface area (Å²) < 4.78 is 409. The van der Waals surface area contributed by atoms with Gasteiger partial charge < -0.3 is 9.47 Å². The van der Waals surface area contributed by atoms with Crippen LogP contribution in [-0.4, -0.2) is 110 Å². The number of allylic oxidation sites excluding steroid dienone is 6. The van der Waals surface area contributed by atoms with Gasteiger partial charge in [0.15, 0.2) is 13.2 Å². The topological polar surface area (TPSA) is 89.5 Å². The summed E-state index contributed by atoms with van der Waals surface area (Å²) in [6.07, 6.45) is -66.0. The van der Waals surface area contributed by atoms with E-state index >= 15 is 0 Å². The van der Waals surface area contributed by atoms with E-state index in [0.29, 0.717) is 0 Å². The SMILES string of the molecule is C=CCC(CC=C)(CC=C)C(=O)OCC(F)(F)C(F)(F)C(F)(F)OC(F)(F)C(F)(F)OC(F)(F)C(F)(F)C(F)(F)C(F)(F)OC(F)(F)C(F)(F)OC(F)(F)C(F)(F)C(F)(F)COC(=O)C(CC=C)(CC=C)CC=C. The van der Waals surface area contributed by atoms with E-state index in [1.807, 2.05) is 0 Å². The Kier molecular flexibility index (Phi) is 21.0. The smallest absolute Gasteiger partial charge is 0.453 e. The van der Waals surface area contributed by atoms with E-state index in [9.17, 15) is 133 Å². The molecule has 0 heterocycles. The lowest BCUT2D eigenvalue weighted by atomic mass is 9.78. The van der Waals surface area contributed by atoms with Crippen molar-refractivity contribution in [3.8, 4) is 0 Å². The quantitative estimate of drug-likeness (QED) is 0.0352. The fraction of sp³-hybridized carbons (Fsp3) is 0.632. The van der Waals surface area contributed by atoms with Gasteiger partial charge in [0, 0.05) is 0 Å². The lowest BCUT2D eigenvalue weighted by Gasteiger charge is -2.40. The van der Waals surface area contributed by atoms with Crippen LogP contribution in [0.15, 0.2) is 75.9 Å². The average molecular weight is 1150 g/mol. The largest absolute Gasteiger partial charge is 0.459 e. The number of alkyl halides is 28. The van der Waals surface area contributed by atoms with Gasteiger partial charge in [-0.1, -0.05) is 36.5 Å². The van der Waals surface area contributed by atoms with Gasteiger partial charge in [-0.05, 0) is 38.5 Å². The number of carbonyl (C=O) groups is 2. The van der Waals surface area contributed by atoms with Crippen molar-refractivity contribution in [3.63, 3.8) is 0 Å². The minimum atomic E-state index is -9.13. The highest BCUT2D eigenvalue weighted by atomic mass is 19.4. The third-order valence-electron chi connectivity index (χ3n) is 9.32. The van der Waals surface area contributed by atoms with Crippen LogP contribution in [-0.2, 0) is 38.0 Å². The minimum Gasteiger partial charge on any atom is -0.459 e. The van der Waals surface area contributed by atoms with Crippen molar-refractivity contribution in [2.24, 2.45) is 10.8 Å². The number of carbonyl (C=O) groups excluding carboxylic acids is 2. The van der Waals surface area contributed by atoms with E-state index in [1.54, 1.807) is 0 Å². The molecule has 74 heavy (non-hydrogen) atoms. The first-order valence-corrected chi connectivity index (χ1v) is 18.8. The van der Waals surface area contributed by atoms with Crippen LogP contribution in [0.2, 0.25) is 0 Å². The highest BCUT2D eigenvalue weighted by Crippen LogP contribution is 2.60. The van der Waals surface area contributed by atoms with Gasteiger partial charge in [-0.3, -0.25) is 9.59 Å². The van der Waals surface area contributed by atoms with Crippen LogP contribution in [0.1, 0.15) is 38.5 Å². The molecule has 0 saturated carbocycles. The van der Waals surface area contributed by atoms with Crippen molar-refractivity contribution >= 4 is 11.9 Å². The highest BCUT2D eigenvalue weighted by molar-refractivity contribution is 5.78. The molecule has 0 aliphatic heterocycles. The van der Waals surface area contributed by atoms with Crippen molar-refractivity contribution in [2.75, 3.05) is 13.2 Å². The molecule has 0 aromatic carbocycles. The molecule has 8 nitrogen and oxygen atoms in total. The Morgan fingerprint density at radius 3 is 0.608 bits per heavy atom. The minimum absolute atomic E-state index is 0.628. The third-order valence-corrected chi connectivity index (χ3v) is 9.32. The molecule has 0 aromatic rings. The van der Waals surface area contributed by atoms with E-state index in [2.05, 4.69) is 48.9 Å². The molecule has 430 valence electrons. The van der Waals surface area contributed by atoms with E-state index < -0.39 is 159 Å². The van der Waals surface area contributed by atoms with Crippen LogP contribution >= 0.6 is 0 Å². The van der Waals surface area contributed by atoms with Gasteiger partial charge >= 0.3 is 96.3 Å². The number of hydrogen-bond acceptors (Lipinski definition) is 8. The second-order valence-electron chi connectivity index (χ2n) is 14.9. The van der Waals surface area contributed by atoms with Gasteiger partial charge in [-0.2, -0.15) is 123 Å². The lowest BCUT2D eigenvalue weighted by molar-refractivity contribution is -0.572. The van der Waals surface area contributed by atoms with Crippen LogP contribution in [0.5, 0.6) is 0 Å². The van der Waals surface area contributed by atoms with Crippen molar-refractivity contribution in [1.29, 1.82) is 0 Å². The molecule has 0 spiro atoms. The zero-order chi connectivity index (χ0) is 59.3. The Bertz CT molecular complexity index is 1820. The zero-order valence-electron chi connectivity index (χ0n) is 36.2. The Morgan fingerprint density at radius 2 is 0.446 bits per heavy atom. The molecule has 0 saturated heterocycles.